The maximum atomic E-state index is 11.3. The molecular weight excluding hydrogens is 234 g/mol. The van der Waals surface area contributed by atoms with Crippen LogP contribution in [-0.2, 0) is 19.1 Å². The second-order valence-electron chi connectivity index (χ2n) is 4.77. The van der Waals surface area contributed by atoms with Crippen LogP contribution in [-0.4, -0.2) is 37.9 Å². The van der Waals surface area contributed by atoms with Crippen LogP contribution in [0.3, 0.4) is 0 Å². The van der Waals surface area contributed by atoms with Crippen molar-refractivity contribution in [3.8, 4) is 12.3 Å². The monoisotopic (exact) mass is 253 g/mol. The van der Waals surface area contributed by atoms with E-state index in [0.717, 1.165) is 19.3 Å². The number of hydrogen-bond donors (Lipinski definition) is 1. The number of carbonyl (C=O) groups excluding carboxylic acids is 1. The molecule has 18 heavy (non-hydrogen) atoms. The largest absolute Gasteiger partial charge is 0.469 e. The smallest absolute Gasteiger partial charge is 0.307 e. The molecule has 5 heteroatoms. The molecule has 0 spiro atoms. The predicted octanol–water partition coefficient (Wildman–Crippen LogP) is 0.640. The summed E-state index contributed by atoms with van der Waals surface area (Å²) < 4.78 is 10.3. The van der Waals surface area contributed by atoms with Crippen molar-refractivity contribution in [1.82, 2.24) is 5.48 Å². The molecule has 1 N–H and O–H groups in total. The van der Waals surface area contributed by atoms with Crippen LogP contribution in [0.25, 0.3) is 0 Å². The van der Waals surface area contributed by atoms with Gasteiger partial charge in [-0.15, -0.1) is 6.42 Å². The van der Waals surface area contributed by atoms with Gasteiger partial charge in [0, 0.05) is 12.0 Å². The van der Waals surface area contributed by atoms with E-state index in [9.17, 15) is 4.79 Å². The van der Waals surface area contributed by atoms with E-state index in [1.807, 2.05) is 0 Å². The summed E-state index contributed by atoms with van der Waals surface area (Å²) in [6.07, 6.45) is 8.63. The number of nitrogens with one attached hydrogen (secondary N) is 1. The fourth-order valence-corrected chi connectivity index (χ4v) is 2.74. The molecule has 0 aromatic heterocycles. The zero-order valence-corrected chi connectivity index (χ0v) is 10.6. The van der Waals surface area contributed by atoms with Crippen LogP contribution in [0.4, 0.5) is 0 Å². The Hall–Kier alpha value is -1.09. The first-order valence-corrected chi connectivity index (χ1v) is 6.27. The van der Waals surface area contributed by atoms with E-state index in [2.05, 4.69) is 11.4 Å². The molecule has 2 aliphatic rings. The highest BCUT2D eigenvalue weighted by molar-refractivity contribution is 5.70. The lowest BCUT2D eigenvalue weighted by atomic mass is 9.80. The summed E-state index contributed by atoms with van der Waals surface area (Å²) in [5, 5.41) is 0. The minimum atomic E-state index is -0.219. The third-order valence-corrected chi connectivity index (χ3v) is 3.69. The summed E-state index contributed by atoms with van der Waals surface area (Å²) in [7, 11) is 1.40. The Morgan fingerprint density at radius 3 is 3.11 bits per heavy atom. The van der Waals surface area contributed by atoms with E-state index < -0.39 is 0 Å². The fraction of sp³-hybridized carbons (Fsp3) is 0.769. The lowest BCUT2D eigenvalue weighted by Crippen LogP contribution is -2.37. The first-order valence-electron chi connectivity index (χ1n) is 6.27. The van der Waals surface area contributed by atoms with Crippen LogP contribution in [0.5, 0.6) is 0 Å². The van der Waals surface area contributed by atoms with E-state index in [1.165, 1.54) is 7.11 Å². The molecule has 4 unspecified atom stereocenters. The van der Waals surface area contributed by atoms with Gasteiger partial charge in [-0.3, -0.25) is 9.63 Å². The Balaban J connectivity index is 1.89. The quantitative estimate of drug-likeness (QED) is 0.588. The van der Waals surface area contributed by atoms with Crippen molar-refractivity contribution in [3.63, 3.8) is 0 Å². The number of fused-ring (bicyclic) bond motifs is 1. The highest BCUT2D eigenvalue weighted by Gasteiger charge is 2.42. The Bertz CT molecular complexity index is 338. The third-order valence-electron chi connectivity index (χ3n) is 3.69. The maximum absolute atomic E-state index is 11.3. The molecule has 5 nitrogen and oxygen atoms in total. The Morgan fingerprint density at radius 1 is 1.56 bits per heavy atom. The van der Waals surface area contributed by atoms with Crippen molar-refractivity contribution < 1.29 is 19.1 Å². The van der Waals surface area contributed by atoms with Crippen LogP contribution in [0.15, 0.2) is 0 Å². The molecule has 1 saturated carbocycles. The number of rotatable bonds is 4. The van der Waals surface area contributed by atoms with Crippen molar-refractivity contribution in [3.05, 3.63) is 0 Å². The minimum Gasteiger partial charge on any atom is -0.469 e. The first kappa shape index (κ1) is 13.3. The molecule has 1 aliphatic carbocycles. The van der Waals surface area contributed by atoms with Gasteiger partial charge in [0.2, 0.25) is 0 Å². The summed E-state index contributed by atoms with van der Waals surface area (Å²) in [5.74, 6) is 2.56. The Labute approximate surface area is 107 Å². The van der Waals surface area contributed by atoms with Gasteiger partial charge in [0.15, 0.2) is 0 Å². The van der Waals surface area contributed by atoms with Crippen molar-refractivity contribution >= 4 is 5.97 Å². The van der Waals surface area contributed by atoms with Crippen LogP contribution in [0, 0.1) is 18.3 Å². The second kappa shape index (κ2) is 6.19. The molecule has 1 aliphatic heterocycles. The van der Waals surface area contributed by atoms with Crippen LogP contribution in [0.1, 0.15) is 25.7 Å². The molecule has 0 amide bonds. The van der Waals surface area contributed by atoms with E-state index >= 15 is 0 Å². The van der Waals surface area contributed by atoms with E-state index in [-0.39, 0.29) is 24.2 Å². The molecule has 100 valence electrons. The van der Waals surface area contributed by atoms with Gasteiger partial charge >= 0.3 is 5.97 Å². The molecule has 1 saturated heterocycles. The molecule has 2 rings (SSSR count). The second-order valence-corrected chi connectivity index (χ2v) is 4.77. The lowest BCUT2D eigenvalue weighted by molar-refractivity contribution is -0.141. The van der Waals surface area contributed by atoms with Crippen molar-refractivity contribution in [1.29, 1.82) is 0 Å². The molecule has 2 fully saturated rings. The molecule has 1 heterocycles. The summed E-state index contributed by atoms with van der Waals surface area (Å²) in [6, 6.07) is 0.0136. The zero-order valence-electron chi connectivity index (χ0n) is 10.6. The SMILES string of the molecule is C#CCOC1CCC2ONC(CC(=O)OC)C2C1. The lowest BCUT2D eigenvalue weighted by Gasteiger charge is -2.31. The number of ether oxygens (including phenoxy) is 2. The topological polar surface area (TPSA) is 56.8 Å². The van der Waals surface area contributed by atoms with Crippen LogP contribution in [0.2, 0.25) is 0 Å². The fourth-order valence-electron chi connectivity index (χ4n) is 2.74. The van der Waals surface area contributed by atoms with E-state index in [0.29, 0.717) is 18.9 Å². The summed E-state index contributed by atoms with van der Waals surface area (Å²) in [4.78, 5) is 16.8. The van der Waals surface area contributed by atoms with Gasteiger partial charge in [-0.2, -0.15) is 5.48 Å². The summed E-state index contributed by atoms with van der Waals surface area (Å²) >= 11 is 0. The van der Waals surface area contributed by atoms with Gasteiger partial charge in [-0.05, 0) is 19.3 Å². The molecule has 0 radical (unpaired) electrons. The molecule has 0 aromatic carbocycles. The average Bonchev–Trinajstić information content (AvgIpc) is 2.79. The van der Waals surface area contributed by atoms with E-state index in [1.54, 1.807) is 0 Å². The number of hydrogen-bond acceptors (Lipinski definition) is 5. The molecular formula is C13H19NO4. The van der Waals surface area contributed by atoms with Gasteiger partial charge in [-0.1, -0.05) is 5.92 Å². The van der Waals surface area contributed by atoms with Gasteiger partial charge < -0.3 is 9.47 Å². The molecule has 0 aromatic rings. The zero-order chi connectivity index (χ0) is 13.0. The van der Waals surface area contributed by atoms with Crippen molar-refractivity contribution in [2.24, 2.45) is 5.92 Å². The third kappa shape index (κ3) is 3.02. The highest BCUT2D eigenvalue weighted by atomic mass is 16.7. The first-order chi connectivity index (χ1) is 8.74. The van der Waals surface area contributed by atoms with Crippen molar-refractivity contribution in [2.45, 2.75) is 43.9 Å². The number of terminal acetylenes is 1. The van der Waals surface area contributed by atoms with Crippen molar-refractivity contribution in [2.75, 3.05) is 13.7 Å². The number of esters is 1. The number of methoxy groups -OCH3 is 1. The van der Waals surface area contributed by atoms with Crippen LogP contribution >= 0.6 is 0 Å². The average molecular weight is 253 g/mol. The molecule has 4 atom stereocenters. The highest BCUT2D eigenvalue weighted by Crippen LogP contribution is 2.35. The molecule has 0 bridgehead atoms. The predicted molar refractivity (Wildman–Crippen MR) is 64.3 cm³/mol. The number of carbonyl (C=O) groups is 1. The maximum Gasteiger partial charge on any atom is 0.307 e. The van der Waals surface area contributed by atoms with Gasteiger partial charge in [0.05, 0.1) is 25.7 Å². The Kier molecular flexibility index (Phi) is 4.59. The van der Waals surface area contributed by atoms with Gasteiger partial charge in [-0.25, -0.2) is 0 Å². The van der Waals surface area contributed by atoms with E-state index in [4.69, 9.17) is 20.7 Å². The summed E-state index contributed by atoms with van der Waals surface area (Å²) in [6.45, 7) is 0.345. The van der Waals surface area contributed by atoms with Gasteiger partial charge in [0.1, 0.15) is 6.61 Å². The van der Waals surface area contributed by atoms with Crippen LogP contribution < -0.4 is 5.48 Å². The normalized spacial score (nSPS) is 34.7. The summed E-state index contributed by atoms with van der Waals surface area (Å²) in [5.41, 5.74) is 2.94. The van der Waals surface area contributed by atoms with Gasteiger partial charge in [0.25, 0.3) is 0 Å². The minimum absolute atomic E-state index is 0.0136. The standard InChI is InChI=1S/C13H19NO4/c1-3-6-17-9-4-5-12-10(7-9)11(14-18-12)8-13(15)16-2/h1,9-12,14H,4-8H2,2H3. The Morgan fingerprint density at radius 2 is 2.39 bits per heavy atom. The number of hydroxylamine groups is 1.